The Morgan fingerprint density at radius 3 is 2.67 bits per heavy atom. The third kappa shape index (κ3) is 2.77. The third-order valence-corrected chi connectivity index (χ3v) is 3.84. The zero-order valence-electron chi connectivity index (χ0n) is 13.2. The van der Waals surface area contributed by atoms with Crippen molar-refractivity contribution in [2.24, 2.45) is 0 Å². The van der Waals surface area contributed by atoms with Crippen molar-refractivity contribution in [3.05, 3.63) is 29.3 Å². The first-order valence-corrected chi connectivity index (χ1v) is 7.78. The molecule has 5 nitrogen and oxygen atoms in total. The van der Waals surface area contributed by atoms with Gasteiger partial charge in [0.05, 0.1) is 5.69 Å². The molecule has 0 bridgehead atoms. The fourth-order valence-electron chi connectivity index (χ4n) is 2.37. The van der Waals surface area contributed by atoms with Crippen LogP contribution in [0.3, 0.4) is 0 Å². The summed E-state index contributed by atoms with van der Waals surface area (Å²) in [6.07, 6.45) is 4.39. The Balaban J connectivity index is 2.06. The molecule has 2 aromatic rings. The largest absolute Gasteiger partial charge is 0.370 e. The first-order valence-electron chi connectivity index (χ1n) is 7.78. The third-order valence-electron chi connectivity index (χ3n) is 3.84. The minimum absolute atomic E-state index is 0.421. The van der Waals surface area contributed by atoms with Crippen LogP contribution in [0.4, 0.5) is 5.82 Å². The molecule has 0 unspecified atom stereocenters. The maximum absolute atomic E-state index is 4.77. The zero-order chi connectivity index (χ0) is 15.0. The Kier molecular flexibility index (Phi) is 3.66. The van der Waals surface area contributed by atoms with E-state index in [0.29, 0.717) is 11.8 Å². The molecule has 1 N–H and O–H groups in total. The summed E-state index contributed by atoms with van der Waals surface area (Å²) in [5.41, 5.74) is 2.14. The highest BCUT2D eigenvalue weighted by molar-refractivity contribution is 5.52. The van der Waals surface area contributed by atoms with Gasteiger partial charge >= 0.3 is 0 Å². The SMILES string of the molecule is CCNc1nc(C2CC2)nc(-n2ccc(C(C)C)n2)c1C. The van der Waals surface area contributed by atoms with E-state index >= 15 is 0 Å². The van der Waals surface area contributed by atoms with Gasteiger partial charge in [-0.05, 0) is 38.7 Å². The van der Waals surface area contributed by atoms with Gasteiger partial charge in [0.15, 0.2) is 5.82 Å². The van der Waals surface area contributed by atoms with Gasteiger partial charge in [0.1, 0.15) is 11.6 Å². The molecule has 0 atom stereocenters. The van der Waals surface area contributed by atoms with E-state index in [1.807, 2.05) is 10.9 Å². The molecule has 0 aliphatic heterocycles. The van der Waals surface area contributed by atoms with Crippen molar-refractivity contribution < 1.29 is 0 Å². The maximum atomic E-state index is 4.77. The molecule has 1 saturated carbocycles. The molecule has 0 aromatic carbocycles. The van der Waals surface area contributed by atoms with Crippen molar-refractivity contribution in [3.8, 4) is 5.82 Å². The van der Waals surface area contributed by atoms with E-state index in [2.05, 4.69) is 49.2 Å². The van der Waals surface area contributed by atoms with Crippen LogP contribution in [-0.4, -0.2) is 26.3 Å². The highest BCUT2D eigenvalue weighted by Gasteiger charge is 2.28. The summed E-state index contributed by atoms with van der Waals surface area (Å²) in [4.78, 5) is 9.46. The molecule has 3 rings (SSSR count). The van der Waals surface area contributed by atoms with Gasteiger partial charge in [-0.3, -0.25) is 0 Å². The fraction of sp³-hybridized carbons (Fsp3) is 0.562. The van der Waals surface area contributed by atoms with Gasteiger partial charge in [0, 0.05) is 24.2 Å². The van der Waals surface area contributed by atoms with Crippen molar-refractivity contribution in [3.63, 3.8) is 0 Å². The Morgan fingerprint density at radius 2 is 2.10 bits per heavy atom. The maximum Gasteiger partial charge on any atom is 0.162 e. The van der Waals surface area contributed by atoms with E-state index in [-0.39, 0.29) is 0 Å². The van der Waals surface area contributed by atoms with Crippen LogP contribution < -0.4 is 5.32 Å². The lowest BCUT2D eigenvalue weighted by Crippen LogP contribution is -2.11. The molecule has 0 saturated heterocycles. The second kappa shape index (κ2) is 5.47. The van der Waals surface area contributed by atoms with Crippen LogP contribution in [0.5, 0.6) is 0 Å². The summed E-state index contributed by atoms with van der Waals surface area (Å²) in [6, 6.07) is 2.07. The minimum Gasteiger partial charge on any atom is -0.370 e. The number of nitrogens with zero attached hydrogens (tertiary/aromatic N) is 4. The molecule has 5 heteroatoms. The van der Waals surface area contributed by atoms with Crippen molar-refractivity contribution in [2.45, 2.75) is 52.4 Å². The molecule has 0 spiro atoms. The van der Waals surface area contributed by atoms with Gasteiger partial charge in [0.25, 0.3) is 0 Å². The van der Waals surface area contributed by atoms with E-state index < -0.39 is 0 Å². The van der Waals surface area contributed by atoms with Gasteiger partial charge in [0.2, 0.25) is 0 Å². The lowest BCUT2D eigenvalue weighted by Gasteiger charge is -2.13. The van der Waals surface area contributed by atoms with Crippen LogP contribution in [0.25, 0.3) is 5.82 Å². The average molecular weight is 285 g/mol. The Morgan fingerprint density at radius 1 is 1.33 bits per heavy atom. The van der Waals surface area contributed by atoms with E-state index in [0.717, 1.165) is 35.3 Å². The second-order valence-corrected chi connectivity index (χ2v) is 6.02. The summed E-state index contributed by atoms with van der Waals surface area (Å²) >= 11 is 0. The smallest absolute Gasteiger partial charge is 0.162 e. The first-order chi connectivity index (χ1) is 10.1. The van der Waals surface area contributed by atoms with Crippen molar-refractivity contribution in [2.75, 3.05) is 11.9 Å². The zero-order valence-corrected chi connectivity index (χ0v) is 13.2. The highest BCUT2D eigenvalue weighted by Crippen LogP contribution is 2.39. The normalized spacial score (nSPS) is 14.7. The molecule has 1 aliphatic carbocycles. The van der Waals surface area contributed by atoms with Crippen LogP contribution in [0.1, 0.15) is 62.5 Å². The molecule has 112 valence electrons. The molecular formula is C16H23N5. The first kappa shape index (κ1) is 14.0. The summed E-state index contributed by atoms with van der Waals surface area (Å²) in [5, 5.41) is 8.01. The monoisotopic (exact) mass is 285 g/mol. The lowest BCUT2D eigenvalue weighted by atomic mass is 10.1. The topological polar surface area (TPSA) is 55.6 Å². The number of anilines is 1. The summed E-state index contributed by atoms with van der Waals surface area (Å²) in [7, 11) is 0. The van der Waals surface area contributed by atoms with Crippen LogP contribution in [0.2, 0.25) is 0 Å². The highest BCUT2D eigenvalue weighted by atomic mass is 15.3. The number of aromatic nitrogens is 4. The van der Waals surface area contributed by atoms with Crippen molar-refractivity contribution >= 4 is 5.82 Å². The van der Waals surface area contributed by atoms with E-state index in [1.54, 1.807) is 0 Å². The number of nitrogens with one attached hydrogen (secondary N) is 1. The van der Waals surface area contributed by atoms with E-state index in [9.17, 15) is 0 Å². The Bertz CT molecular complexity index is 640. The number of hydrogen-bond donors (Lipinski definition) is 1. The molecule has 21 heavy (non-hydrogen) atoms. The van der Waals surface area contributed by atoms with Crippen LogP contribution in [0, 0.1) is 6.92 Å². The lowest BCUT2D eigenvalue weighted by molar-refractivity contribution is 0.744. The van der Waals surface area contributed by atoms with E-state index in [1.165, 1.54) is 12.8 Å². The summed E-state index contributed by atoms with van der Waals surface area (Å²) < 4.78 is 1.89. The van der Waals surface area contributed by atoms with Gasteiger partial charge in [-0.15, -0.1) is 0 Å². The predicted molar refractivity (Wildman–Crippen MR) is 84.1 cm³/mol. The quantitative estimate of drug-likeness (QED) is 0.914. The predicted octanol–water partition coefficient (Wildman–Crippen LogP) is 3.40. The van der Waals surface area contributed by atoms with E-state index in [4.69, 9.17) is 4.98 Å². The fourth-order valence-corrected chi connectivity index (χ4v) is 2.37. The van der Waals surface area contributed by atoms with Crippen molar-refractivity contribution in [1.29, 1.82) is 0 Å². The average Bonchev–Trinajstić information content (AvgIpc) is 3.18. The van der Waals surface area contributed by atoms with Gasteiger partial charge in [-0.2, -0.15) is 5.10 Å². The van der Waals surface area contributed by atoms with Gasteiger partial charge in [-0.1, -0.05) is 13.8 Å². The Labute approximate surface area is 125 Å². The summed E-state index contributed by atoms with van der Waals surface area (Å²) in [6.45, 7) is 9.31. The second-order valence-electron chi connectivity index (χ2n) is 6.02. The Hall–Kier alpha value is -1.91. The van der Waals surface area contributed by atoms with Crippen LogP contribution in [0.15, 0.2) is 12.3 Å². The van der Waals surface area contributed by atoms with Gasteiger partial charge < -0.3 is 5.32 Å². The molecule has 1 fully saturated rings. The van der Waals surface area contributed by atoms with Crippen LogP contribution >= 0.6 is 0 Å². The number of hydrogen-bond acceptors (Lipinski definition) is 4. The molecular weight excluding hydrogens is 262 g/mol. The molecule has 0 amide bonds. The van der Waals surface area contributed by atoms with Gasteiger partial charge in [-0.25, -0.2) is 14.6 Å². The molecule has 2 aromatic heterocycles. The molecule has 0 radical (unpaired) electrons. The molecule has 2 heterocycles. The molecule has 1 aliphatic rings. The standard InChI is InChI=1S/C16H23N5/c1-5-17-14-11(4)16(19-15(18-14)12-6-7-12)21-9-8-13(20-21)10(2)3/h8-10,12H,5-7H2,1-4H3,(H,17,18,19). The number of rotatable bonds is 5. The minimum atomic E-state index is 0.421. The van der Waals surface area contributed by atoms with Crippen LogP contribution in [-0.2, 0) is 0 Å². The van der Waals surface area contributed by atoms with Crippen molar-refractivity contribution in [1.82, 2.24) is 19.7 Å². The summed E-state index contributed by atoms with van der Waals surface area (Å²) in [5.74, 6) is 3.74.